The summed E-state index contributed by atoms with van der Waals surface area (Å²) in [7, 11) is 0. The van der Waals surface area contributed by atoms with Crippen molar-refractivity contribution in [3.05, 3.63) is 30.1 Å². The van der Waals surface area contributed by atoms with Crippen LogP contribution in [0.4, 0.5) is 4.79 Å². The molecule has 0 aliphatic rings. The van der Waals surface area contributed by atoms with Crippen LogP contribution >= 0.6 is 12.6 Å². The lowest BCUT2D eigenvalue weighted by Gasteiger charge is -2.20. The third-order valence-corrected chi connectivity index (χ3v) is 3.18. The molecule has 0 aliphatic carbocycles. The molecule has 0 spiro atoms. The molecule has 2 aromatic rings. The first-order valence-corrected chi connectivity index (χ1v) is 7.91. The van der Waals surface area contributed by atoms with Gasteiger partial charge in [-0.05, 0) is 32.9 Å². The molecule has 0 bridgehead atoms. The number of hydrogen-bond donors (Lipinski definition) is 1. The molecule has 2 rings (SSSR count). The van der Waals surface area contributed by atoms with Crippen molar-refractivity contribution in [3.63, 3.8) is 0 Å². The number of ether oxygens (including phenoxy) is 2. The van der Waals surface area contributed by atoms with Gasteiger partial charge in [0.05, 0.1) is 23.4 Å². The SMILES string of the molecule is CC(C)(C)OC(=O)n1c(CCOC(=O)CS)nc2ccccc21. The fraction of sp³-hybridized carbons (Fsp3) is 0.438. The van der Waals surface area contributed by atoms with E-state index in [0.29, 0.717) is 23.3 Å². The lowest BCUT2D eigenvalue weighted by Crippen LogP contribution is -2.28. The molecule has 1 aromatic heterocycles. The van der Waals surface area contributed by atoms with Gasteiger partial charge in [-0.25, -0.2) is 14.3 Å². The predicted molar refractivity (Wildman–Crippen MR) is 89.9 cm³/mol. The Morgan fingerprint density at radius 1 is 1.26 bits per heavy atom. The standard InChI is InChI=1S/C16H20N2O4S/c1-16(2,3)22-15(20)18-12-7-5-4-6-11(12)17-13(18)8-9-21-14(19)10-23/h4-7,23H,8-10H2,1-3H3. The fourth-order valence-electron chi connectivity index (χ4n) is 2.06. The van der Waals surface area contributed by atoms with E-state index in [1.54, 1.807) is 26.8 Å². The van der Waals surface area contributed by atoms with Gasteiger partial charge in [0.25, 0.3) is 0 Å². The van der Waals surface area contributed by atoms with Crippen LogP contribution in [-0.2, 0) is 20.7 Å². The van der Waals surface area contributed by atoms with Gasteiger partial charge in [-0.1, -0.05) is 12.1 Å². The van der Waals surface area contributed by atoms with Crippen molar-refractivity contribution >= 4 is 35.7 Å². The number of rotatable bonds is 4. The summed E-state index contributed by atoms with van der Waals surface area (Å²) in [4.78, 5) is 28.1. The van der Waals surface area contributed by atoms with Gasteiger partial charge >= 0.3 is 12.1 Å². The van der Waals surface area contributed by atoms with Crippen LogP contribution in [0, 0.1) is 0 Å². The maximum absolute atomic E-state index is 12.5. The average molecular weight is 336 g/mol. The molecule has 0 saturated heterocycles. The Hall–Kier alpha value is -2.02. The van der Waals surface area contributed by atoms with Crippen LogP contribution in [0.3, 0.4) is 0 Å². The molecule has 0 unspecified atom stereocenters. The number of carbonyl (C=O) groups excluding carboxylic acids is 2. The summed E-state index contributed by atoms with van der Waals surface area (Å²) in [5, 5.41) is 0. The maximum atomic E-state index is 12.5. The number of thiol groups is 1. The summed E-state index contributed by atoms with van der Waals surface area (Å²) < 4.78 is 11.9. The van der Waals surface area contributed by atoms with E-state index in [4.69, 9.17) is 9.47 Å². The fourth-order valence-corrected chi connectivity index (χ4v) is 2.15. The first-order chi connectivity index (χ1) is 10.8. The zero-order valence-electron chi connectivity index (χ0n) is 13.4. The van der Waals surface area contributed by atoms with E-state index in [9.17, 15) is 9.59 Å². The molecule has 0 fully saturated rings. The molecule has 0 N–H and O–H groups in total. The molecule has 0 aliphatic heterocycles. The maximum Gasteiger partial charge on any atom is 0.420 e. The Bertz CT molecular complexity index is 718. The first kappa shape index (κ1) is 17.3. The third kappa shape index (κ3) is 4.48. The van der Waals surface area contributed by atoms with E-state index >= 15 is 0 Å². The summed E-state index contributed by atoms with van der Waals surface area (Å²) in [6.45, 7) is 5.54. The third-order valence-electron chi connectivity index (χ3n) is 2.92. The van der Waals surface area contributed by atoms with Crippen molar-refractivity contribution in [2.24, 2.45) is 0 Å². The van der Waals surface area contributed by atoms with Gasteiger partial charge in [-0.3, -0.25) is 4.79 Å². The summed E-state index contributed by atoms with van der Waals surface area (Å²) >= 11 is 3.85. The van der Waals surface area contributed by atoms with Crippen molar-refractivity contribution < 1.29 is 19.1 Å². The lowest BCUT2D eigenvalue weighted by molar-refractivity contribution is -0.140. The van der Waals surface area contributed by atoms with Crippen LogP contribution in [0.1, 0.15) is 26.6 Å². The molecular weight excluding hydrogens is 316 g/mol. The van der Waals surface area contributed by atoms with Crippen LogP contribution in [0.25, 0.3) is 11.0 Å². The van der Waals surface area contributed by atoms with Gasteiger partial charge in [0.1, 0.15) is 11.4 Å². The van der Waals surface area contributed by atoms with E-state index in [1.807, 2.05) is 18.2 Å². The van der Waals surface area contributed by atoms with E-state index in [-0.39, 0.29) is 12.4 Å². The van der Waals surface area contributed by atoms with Gasteiger partial charge in [-0.2, -0.15) is 12.6 Å². The molecule has 23 heavy (non-hydrogen) atoms. The number of imidazole rings is 1. The van der Waals surface area contributed by atoms with Gasteiger partial charge in [0.2, 0.25) is 0 Å². The summed E-state index contributed by atoms with van der Waals surface area (Å²) in [6.07, 6.45) is -0.185. The molecule has 1 heterocycles. The van der Waals surface area contributed by atoms with Gasteiger partial charge in [0.15, 0.2) is 0 Å². The van der Waals surface area contributed by atoms with Gasteiger partial charge in [-0.15, -0.1) is 0 Å². The Morgan fingerprint density at radius 3 is 2.61 bits per heavy atom. The number of benzene rings is 1. The van der Waals surface area contributed by atoms with E-state index < -0.39 is 17.7 Å². The monoisotopic (exact) mass is 336 g/mol. The van der Waals surface area contributed by atoms with Crippen LogP contribution in [0.2, 0.25) is 0 Å². The molecule has 0 saturated carbocycles. The zero-order chi connectivity index (χ0) is 17.0. The predicted octanol–water partition coefficient (Wildman–Crippen LogP) is 2.84. The second-order valence-electron chi connectivity index (χ2n) is 5.96. The van der Waals surface area contributed by atoms with Gasteiger partial charge < -0.3 is 9.47 Å². The van der Waals surface area contributed by atoms with Crippen LogP contribution in [0.5, 0.6) is 0 Å². The minimum absolute atomic E-state index is 0.0164. The Morgan fingerprint density at radius 2 is 1.96 bits per heavy atom. The zero-order valence-corrected chi connectivity index (χ0v) is 14.3. The molecular formula is C16H20N2O4S. The lowest BCUT2D eigenvalue weighted by atomic mass is 10.2. The van der Waals surface area contributed by atoms with E-state index in [1.165, 1.54) is 4.57 Å². The van der Waals surface area contributed by atoms with Crippen molar-refractivity contribution in [1.82, 2.24) is 9.55 Å². The molecule has 0 amide bonds. The van der Waals surface area contributed by atoms with Crippen molar-refractivity contribution in [3.8, 4) is 0 Å². The van der Waals surface area contributed by atoms with Gasteiger partial charge in [0, 0.05) is 6.42 Å². The highest BCUT2D eigenvalue weighted by atomic mass is 32.1. The van der Waals surface area contributed by atoms with Crippen molar-refractivity contribution in [1.29, 1.82) is 0 Å². The highest BCUT2D eigenvalue weighted by Crippen LogP contribution is 2.19. The van der Waals surface area contributed by atoms with Crippen molar-refractivity contribution in [2.75, 3.05) is 12.4 Å². The average Bonchev–Trinajstić information content (AvgIpc) is 2.83. The molecule has 0 atom stereocenters. The Kier molecular flexibility index (Phi) is 5.30. The largest absolute Gasteiger partial charge is 0.465 e. The second kappa shape index (κ2) is 7.04. The Labute approximate surface area is 140 Å². The minimum atomic E-state index is -0.613. The topological polar surface area (TPSA) is 70.4 Å². The second-order valence-corrected chi connectivity index (χ2v) is 6.28. The highest BCUT2D eigenvalue weighted by Gasteiger charge is 2.23. The molecule has 7 heteroatoms. The van der Waals surface area contributed by atoms with Crippen molar-refractivity contribution in [2.45, 2.75) is 32.8 Å². The normalized spacial score (nSPS) is 11.5. The number of fused-ring (bicyclic) bond motifs is 1. The van der Waals surface area contributed by atoms with E-state index in [2.05, 4.69) is 17.6 Å². The number of carbonyl (C=O) groups is 2. The smallest absolute Gasteiger partial charge is 0.420 e. The molecule has 1 aromatic carbocycles. The number of esters is 1. The van der Waals surface area contributed by atoms with Crippen LogP contribution in [-0.4, -0.2) is 39.6 Å². The molecule has 0 radical (unpaired) electrons. The Balaban J connectivity index is 2.30. The molecule has 124 valence electrons. The number of para-hydroxylation sites is 2. The summed E-state index contributed by atoms with van der Waals surface area (Å²) in [6, 6.07) is 7.30. The number of aromatic nitrogens is 2. The molecule has 6 nitrogen and oxygen atoms in total. The number of nitrogens with zero attached hydrogens (tertiary/aromatic N) is 2. The summed E-state index contributed by atoms with van der Waals surface area (Å²) in [5.41, 5.74) is 0.740. The number of hydrogen-bond acceptors (Lipinski definition) is 6. The van der Waals surface area contributed by atoms with Crippen LogP contribution < -0.4 is 0 Å². The van der Waals surface area contributed by atoms with Crippen LogP contribution in [0.15, 0.2) is 24.3 Å². The first-order valence-electron chi connectivity index (χ1n) is 7.28. The minimum Gasteiger partial charge on any atom is -0.465 e. The summed E-state index contributed by atoms with van der Waals surface area (Å²) in [5.74, 6) is 0.100. The highest BCUT2D eigenvalue weighted by molar-refractivity contribution is 7.81. The van der Waals surface area contributed by atoms with E-state index in [0.717, 1.165) is 0 Å². The quantitative estimate of drug-likeness (QED) is 0.687.